The molecule has 2 atom stereocenters. The van der Waals surface area contributed by atoms with Crippen LogP contribution in [0.3, 0.4) is 0 Å². The van der Waals surface area contributed by atoms with Crippen LogP contribution in [0.2, 0.25) is 0 Å². The lowest BCUT2D eigenvalue weighted by molar-refractivity contribution is -0.139. The molecule has 2 aliphatic rings. The van der Waals surface area contributed by atoms with Crippen molar-refractivity contribution < 1.29 is 23.8 Å². The molecule has 4 rings (SSSR count). The number of hydrogen-bond donors (Lipinski definition) is 2. The Morgan fingerprint density at radius 2 is 1.31 bits per heavy atom. The first-order chi connectivity index (χ1) is 25.3. The first-order valence-corrected chi connectivity index (χ1v) is 20.4. The van der Waals surface area contributed by atoms with E-state index in [-0.39, 0.29) is 13.2 Å². The van der Waals surface area contributed by atoms with Crippen LogP contribution in [0.4, 0.5) is 11.4 Å². The summed E-state index contributed by atoms with van der Waals surface area (Å²) in [5, 5.41) is 3.44. The minimum Gasteiger partial charge on any atom is -0.494 e. The largest absolute Gasteiger partial charge is 0.494 e. The Balaban J connectivity index is 1.69. The van der Waals surface area contributed by atoms with Crippen molar-refractivity contribution >= 4 is 35.9 Å². The van der Waals surface area contributed by atoms with Crippen molar-refractivity contribution in [3.8, 4) is 5.75 Å². The topological polar surface area (TPSA) is 80.3 Å². The zero-order chi connectivity index (χ0) is 37.5. The smallest absolute Gasteiger partial charge is 0.338 e. The van der Waals surface area contributed by atoms with Crippen LogP contribution in [-0.4, -0.2) is 49.2 Å². The third kappa shape index (κ3) is 10.1. The molecule has 52 heavy (non-hydrogen) atoms. The molecule has 2 unspecified atom stereocenters. The average Bonchev–Trinajstić information content (AvgIpc) is 3.46. The van der Waals surface area contributed by atoms with Gasteiger partial charge in [-0.2, -0.15) is 0 Å². The van der Waals surface area contributed by atoms with Gasteiger partial charge in [0, 0.05) is 18.3 Å². The van der Waals surface area contributed by atoms with Crippen LogP contribution in [0.1, 0.15) is 135 Å². The molecule has 2 aromatic carbocycles. The number of carbonyl (C=O) groups is 2. The van der Waals surface area contributed by atoms with Gasteiger partial charge in [-0.3, -0.25) is 4.90 Å². The molecule has 2 aromatic rings. The fraction of sp³-hybridized carbons (Fsp3) is 0.581. The van der Waals surface area contributed by atoms with E-state index in [4.69, 9.17) is 26.8 Å². The molecule has 8 nitrogen and oxygen atoms in total. The molecule has 0 aliphatic carbocycles. The molecule has 0 saturated heterocycles. The van der Waals surface area contributed by atoms with Gasteiger partial charge < -0.3 is 24.4 Å². The molecule has 0 fully saturated rings. The summed E-state index contributed by atoms with van der Waals surface area (Å²) in [6.45, 7) is 10.6. The van der Waals surface area contributed by atoms with E-state index in [1.807, 2.05) is 67.1 Å². The van der Waals surface area contributed by atoms with E-state index in [0.29, 0.717) is 35.0 Å². The van der Waals surface area contributed by atoms with E-state index < -0.39 is 23.4 Å². The number of anilines is 2. The molecule has 0 aromatic heterocycles. The van der Waals surface area contributed by atoms with E-state index in [1.54, 1.807) is 13.8 Å². The molecule has 0 spiro atoms. The van der Waals surface area contributed by atoms with E-state index in [2.05, 4.69) is 18.3 Å². The van der Waals surface area contributed by atoms with Gasteiger partial charge in [0.2, 0.25) is 0 Å². The highest BCUT2D eigenvalue weighted by molar-refractivity contribution is 7.81. The minimum atomic E-state index is -0.794. The zero-order valence-electron chi connectivity index (χ0n) is 32.6. The van der Waals surface area contributed by atoms with Gasteiger partial charge in [-0.05, 0) is 64.3 Å². The third-order valence-electron chi connectivity index (χ3n) is 10.2. The summed E-state index contributed by atoms with van der Waals surface area (Å²) in [6, 6.07) is 14.0. The van der Waals surface area contributed by atoms with Crippen LogP contribution in [0, 0.1) is 0 Å². The molecule has 1 N–H and O–H groups in total. The summed E-state index contributed by atoms with van der Waals surface area (Å²) in [4.78, 5) is 32.4. The first-order valence-electron chi connectivity index (χ1n) is 19.9. The molecule has 0 amide bonds. The molecule has 0 radical (unpaired) electrons. The second kappa shape index (κ2) is 21.2. The van der Waals surface area contributed by atoms with Gasteiger partial charge in [0.05, 0.1) is 48.3 Å². The quantitative estimate of drug-likeness (QED) is 0.0703. The number of allylic oxidation sites excluding steroid dienone is 1. The molecule has 0 saturated carbocycles. The molecular formula is C43H63N3O5S. The molecule has 0 bridgehead atoms. The fourth-order valence-electron chi connectivity index (χ4n) is 7.60. The van der Waals surface area contributed by atoms with E-state index >= 15 is 0 Å². The standard InChI is InChI=1S/C43H63N3O5S/c1-7-11-12-13-14-15-16-17-18-19-20-21-22-26-32-27-25-30-35(49-8-2)37(32)38-36(41(47)50-9-3)31(5)45(6)40(39(38)42(48)51-10-4)46-34-29-24-23-28-33(34)44-43(46)52/h23-25,27-30,38,43-44,52H,7-22,26H2,1-6H3. The second-order valence-corrected chi connectivity index (χ2v) is 14.3. The van der Waals surface area contributed by atoms with Crippen LogP contribution in [0.15, 0.2) is 65.1 Å². The third-order valence-corrected chi connectivity index (χ3v) is 10.6. The number of ether oxygens (including phenoxy) is 3. The van der Waals surface area contributed by atoms with Crippen molar-refractivity contribution in [2.45, 2.75) is 136 Å². The van der Waals surface area contributed by atoms with Gasteiger partial charge in [0.1, 0.15) is 11.6 Å². The van der Waals surface area contributed by atoms with Gasteiger partial charge in [0.15, 0.2) is 5.50 Å². The molecular weight excluding hydrogens is 671 g/mol. The number of esters is 2. The average molecular weight is 734 g/mol. The number of rotatable bonds is 22. The predicted octanol–water partition coefficient (Wildman–Crippen LogP) is 10.5. The maximum Gasteiger partial charge on any atom is 0.338 e. The normalized spacial score (nSPS) is 17.0. The predicted molar refractivity (Wildman–Crippen MR) is 216 cm³/mol. The van der Waals surface area contributed by atoms with Gasteiger partial charge >= 0.3 is 11.9 Å². The van der Waals surface area contributed by atoms with Crippen molar-refractivity contribution in [2.24, 2.45) is 0 Å². The maximum atomic E-state index is 14.4. The zero-order valence-corrected chi connectivity index (χ0v) is 33.5. The van der Waals surface area contributed by atoms with Crippen molar-refractivity contribution in [1.29, 1.82) is 0 Å². The van der Waals surface area contributed by atoms with E-state index in [1.165, 1.54) is 70.6 Å². The summed E-state index contributed by atoms with van der Waals surface area (Å²) >= 11 is 4.94. The number of carbonyl (C=O) groups excluding carboxylic acids is 2. The van der Waals surface area contributed by atoms with Crippen molar-refractivity contribution in [3.05, 3.63) is 76.3 Å². The number of thiol groups is 1. The lowest BCUT2D eigenvalue weighted by Crippen LogP contribution is -2.44. The monoisotopic (exact) mass is 733 g/mol. The number of aryl methyl sites for hydroxylation is 1. The maximum absolute atomic E-state index is 14.4. The van der Waals surface area contributed by atoms with Gasteiger partial charge in [-0.1, -0.05) is 108 Å². The number of fused-ring (bicyclic) bond motifs is 1. The van der Waals surface area contributed by atoms with Gasteiger partial charge in [-0.25, -0.2) is 9.59 Å². The Labute approximate surface area is 318 Å². The van der Waals surface area contributed by atoms with E-state index in [9.17, 15) is 9.59 Å². The van der Waals surface area contributed by atoms with Crippen molar-refractivity contribution in [1.82, 2.24) is 4.90 Å². The Hall–Kier alpha value is -3.59. The summed E-state index contributed by atoms with van der Waals surface area (Å²) in [7, 11) is 1.88. The number of hydrogen-bond acceptors (Lipinski definition) is 9. The van der Waals surface area contributed by atoms with E-state index in [0.717, 1.165) is 41.8 Å². The highest BCUT2D eigenvalue weighted by Crippen LogP contribution is 2.50. The van der Waals surface area contributed by atoms with Gasteiger partial charge in [0.25, 0.3) is 0 Å². The van der Waals surface area contributed by atoms with Crippen LogP contribution in [-0.2, 0) is 25.5 Å². The number of benzene rings is 2. The highest BCUT2D eigenvalue weighted by Gasteiger charge is 2.46. The van der Waals surface area contributed by atoms with Crippen LogP contribution >= 0.6 is 12.6 Å². The van der Waals surface area contributed by atoms with Crippen LogP contribution in [0.25, 0.3) is 0 Å². The molecule has 9 heteroatoms. The van der Waals surface area contributed by atoms with Crippen molar-refractivity contribution in [3.63, 3.8) is 0 Å². The lowest BCUT2D eigenvalue weighted by atomic mass is 9.77. The number of nitrogens with zero attached hydrogens (tertiary/aromatic N) is 2. The summed E-state index contributed by atoms with van der Waals surface area (Å²) in [5.41, 5.74) is 4.64. The molecule has 2 heterocycles. The first kappa shape index (κ1) is 41.2. The SMILES string of the molecule is CCCCCCCCCCCCCCCc1cccc(OCC)c1C1C(C(=O)OCC)=C(C)N(C)C(N2c3ccccc3NC2S)=C1C(=O)OCC. The molecule has 2 aliphatic heterocycles. The summed E-state index contributed by atoms with van der Waals surface area (Å²) in [6.07, 6.45) is 17.5. The van der Waals surface area contributed by atoms with Crippen LogP contribution < -0.4 is 15.0 Å². The molecule has 286 valence electrons. The highest BCUT2D eigenvalue weighted by atomic mass is 32.1. The summed E-state index contributed by atoms with van der Waals surface area (Å²) in [5.74, 6) is -0.491. The summed E-state index contributed by atoms with van der Waals surface area (Å²) < 4.78 is 17.9. The Morgan fingerprint density at radius 3 is 1.90 bits per heavy atom. The number of nitrogens with one attached hydrogen (secondary N) is 1. The Morgan fingerprint density at radius 1 is 0.731 bits per heavy atom. The lowest BCUT2D eigenvalue weighted by Gasteiger charge is -2.42. The Kier molecular flexibility index (Phi) is 16.8. The van der Waals surface area contributed by atoms with Crippen LogP contribution in [0.5, 0.6) is 5.75 Å². The fourth-order valence-corrected chi connectivity index (χ4v) is 7.97. The second-order valence-electron chi connectivity index (χ2n) is 13.8. The Bertz CT molecular complexity index is 1540. The van der Waals surface area contributed by atoms with Gasteiger partial charge in [-0.15, -0.1) is 12.6 Å². The minimum absolute atomic E-state index is 0.182. The van der Waals surface area contributed by atoms with Crippen molar-refractivity contribution in [2.75, 3.05) is 37.1 Å². The number of unbranched alkanes of at least 4 members (excludes halogenated alkanes) is 12. The number of para-hydroxylation sites is 2.